The maximum absolute atomic E-state index is 12.6. The number of aromatic amines is 1. The van der Waals surface area contributed by atoms with Crippen molar-refractivity contribution in [2.75, 3.05) is 6.61 Å². The Hall–Kier alpha value is -3.04. The predicted octanol–water partition coefficient (Wildman–Crippen LogP) is 5.24. The largest absolute Gasteiger partial charge is 0.462 e. The van der Waals surface area contributed by atoms with Gasteiger partial charge in [0.1, 0.15) is 9.71 Å². The van der Waals surface area contributed by atoms with Crippen LogP contribution in [0, 0.1) is 17.0 Å². The molecular formula is C21H20ClN3O5S. The molecular weight excluding hydrogens is 442 g/mol. The molecule has 3 aromatic rings. The minimum absolute atomic E-state index is 0.00178. The van der Waals surface area contributed by atoms with Crippen molar-refractivity contribution in [2.45, 2.75) is 33.6 Å². The molecule has 0 saturated carbocycles. The van der Waals surface area contributed by atoms with E-state index in [4.69, 9.17) is 16.3 Å². The zero-order valence-electron chi connectivity index (χ0n) is 17.3. The summed E-state index contributed by atoms with van der Waals surface area (Å²) < 4.78 is 5.03. The number of fused-ring (bicyclic) bond motifs is 1. The van der Waals surface area contributed by atoms with Crippen LogP contribution in [0.25, 0.3) is 21.3 Å². The molecule has 3 rings (SSSR count). The van der Waals surface area contributed by atoms with Gasteiger partial charge >= 0.3 is 5.97 Å². The second-order valence-electron chi connectivity index (χ2n) is 7.09. The van der Waals surface area contributed by atoms with Gasteiger partial charge in [-0.25, -0.2) is 9.78 Å². The third-order valence-electron chi connectivity index (χ3n) is 4.65. The number of carbonyl (C=O) groups excluding carboxylic acids is 1. The molecule has 0 amide bonds. The molecule has 0 bridgehead atoms. The van der Waals surface area contributed by atoms with E-state index < -0.39 is 16.5 Å². The molecule has 1 N–H and O–H groups in total. The molecule has 0 fully saturated rings. The number of nitro benzene ring substituents is 1. The maximum Gasteiger partial charge on any atom is 0.348 e. The van der Waals surface area contributed by atoms with Crippen molar-refractivity contribution in [2.24, 2.45) is 0 Å². The smallest absolute Gasteiger partial charge is 0.348 e. The van der Waals surface area contributed by atoms with Crippen LogP contribution in [0.1, 0.15) is 58.9 Å². The number of ether oxygens (including phenoxy) is 1. The van der Waals surface area contributed by atoms with Gasteiger partial charge in [-0.2, -0.15) is 0 Å². The number of aromatic nitrogens is 2. The first-order valence-electron chi connectivity index (χ1n) is 9.50. The van der Waals surface area contributed by atoms with Gasteiger partial charge in [0.05, 0.1) is 21.9 Å². The lowest BCUT2D eigenvalue weighted by Gasteiger charge is -2.07. The Bertz CT molecular complexity index is 1280. The van der Waals surface area contributed by atoms with E-state index in [2.05, 4.69) is 9.97 Å². The van der Waals surface area contributed by atoms with E-state index in [-0.39, 0.29) is 29.1 Å². The average molecular weight is 462 g/mol. The van der Waals surface area contributed by atoms with E-state index in [1.165, 1.54) is 12.1 Å². The summed E-state index contributed by atoms with van der Waals surface area (Å²) in [7, 11) is 0. The normalized spacial score (nSPS) is 11.9. The molecule has 162 valence electrons. The van der Waals surface area contributed by atoms with Gasteiger partial charge in [-0.3, -0.25) is 14.9 Å². The summed E-state index contributed by atoms with van der Waals surface area (Å²) in [5.41, 5.74) is 1.18. The molecule has 8 nitrogen and oxygen atoms in total. The van der Waals surface area contributed by atoms with Crippen molar-refractivity contribution in [1.82, 2.24) is 9.97 Å². The number of H-pyrrole nitrogens is 1. The maximum atomic E-state index is 12.6. The monoisotopic (exact) mass is 461 g/mol. The fourth-order valence-corrected chi connectivity index (χ4v) is 4.45. The van der Waals surface area contributed by atoms with Crippen LogP contribution < -0.4 is 5.56 Å². The lowest BCUT2D eigenvalue weighted by molar-refractivity contribution is -0.385. The molecule has 0 aliphatic rings. The van der Waals surface area contributed by atoms with E-state index in [1.54, 1.807) is 26.0 Å². The minimum Gasteiger partial charge on any atom is -0.462 e. The summed E-state index contributed by atoms with van der Waals surface area (Å²) in [5, 5.41) is 11.8. The number of benzene rings is 1. The summed E-state index contributed by atoms with van der Waals surface area (Å²) in [5.74, 6) is -0.417. The highest BCUT2D eigenvalue weighted by molar-refractivity contribution is 7.20. The topological polar surface area (TPSA) is 115 Å². The van der Waals surface area contributed by atoms with Crippen LogP contribution in [0.5, 0.6) is 0 Å². The standard InChI is InChI=1S/C21H20ClN3O5S/c1-5-30-21(27)17-11(4)16-19(26)23-18(24-20(16)31-17)14(22)8-12-6-7-13(10(2)3)15(9-12)25(28)29/h6-10H,5H2,1-4H3,(H,23,24,26)/b14-8-. The predicted molar refractivity (Wildman–Crippen MR) is 122 cm³/mol. The van der Waals surface area contributed by atoms with Crippen molar-refractivity contribution in [1.29, 1.82) is 0 Å². The van der Waals surface area contributed by atoms with Crippen LogP contribution in [0.2, 0.25) is 0 Å². The van der Waals surface area contributed by atoms with Crippen molar-refractivity contribution in [3.05, 3.63) is 66.1 Å². The molecule has 0 radical (unpaired) electrons. The highest BCUT2D eigenvalue weighted by Crippen LogP contribution is 2.31. The second-order valence-corrected chi connectivity index (χ2v) is 8.50. The van der Waals surface area contributed by atoms with Gasteiger partial charge in [-0.05, 0) is 37.0 Å². The highest BCUT2D eigenvalue weighted by atomic mass is 35.5. The van der Waals surface area contributed by atoms with Gasteiger partial charge < -0.3 is 9.72 Å². The molecule has 2 aromatic heterocycles. The molecule has 1 aromatic carbocycles. The van der Waals surface area contributed by atoms with E-state index in [9.17, 15) is 19.7 Å². The lowest BCUT2D eigenvalue weighted by Crippen LogP contribution is -2.11. The number of nitro groups is 1. The van der Waals surface area contributed by atoms with Crippen LogP contribution in [-0.2, 0) is 4.74 Å². The first kappa shape index (κ1) is 22.6. The number of esters is 1. The Morgan fingerprint density at radius 1 is 1.42 bits per heavy atom. The fourth-order valence-electron chi connectivity index (χ4n) is 3.16. The lowest BCUT2D eigenvalue weighted by atomic mass is 9.99. The summed E-state index contributed by atoms with van der Waals surface area (Å²) in [6.07, 6.45) is 1.50. The SMILES string of the molecule is CCOC(=O)c1sc2nc(/C(Cl)=C/c3ccc(C(C)C)c([N+](=O)[O-])c3)[nH]c(=O)c2c1C. The molecule has 0 saturated heterocycles. The van der Waals surface area contributed by atoms with Crippen molar-refractivity contribution < 1.29 is 14.5 Å². The molecule has 2 heterocycles. The fraction of sp³-hybridized carbons (Fsp3) is 0.286. The van der Waals surface area contributed by atoms with Gasteiger partial charge in [0.15, 0.2) is 5.82 Å². The van der Waals surface area contributed by atoms with Crippen LogP contribution in [0.15, 0.2) is 23.0 Å². The third-order valence-corrected chi connectivity index (χ3v) is 6.11. The first-order valence-corrected chi connectivity index (χ1v) is 10.7. The number of rotatable bonds is 6. The van der Waals surface area contributed by atoms with Gasteiger partial charge in [0.2, 0.25) is 0 Å². The highest BCUT2D eigenvalue weighted by Gasteiger charge is 2.21. The van der Waals surface area contributed by atoms with Crippen molar-refractivity contribution in [3.63, 3.8) is 0 Å². The van der Waals surface area contributed by atoms with E-state index in [0.29, 0.717) is 31.8 Å². The Balaban J connectivity index is 2.06. The number of carbonyl (C=O) groups is 1. The Kier molecular flexibility index (Phi) is 6.56. The summed E-state index contributed by atoms with van der Waals surface area (Å²) in [4.78, 5) is 43.4. The zero-order chi connectivity index (χ0) is 22.9. The molecule has 0 atom stereocenters. The van der Waals surface area contributed by atoms with Crippen LogP contribution in [0.3, 0.4) is 0 Å². The molecule has 10 heteroatoms. The number of aryl methyl sites for hydroxylation is 1. The van der Waals surface area contributed by atoms with Gasteiger partial charge in [0.25, 0.3) is 11.2 Å². The Morgan fingerprint density at radius 3 is 2.74 bits per heavy atom. The van der Waals surface area contributed by atoms with Crippen LogP contribution in [0.4, 0.5) is 5.69 Å². The summed E-state index contributed by atoms with van der Waals surface area (Å²) >= 11 is 7.43. The molecule has 0 aliphatic heterocycles. The zero-order valence-corrected chi connectivity index (χ0v) is 18.9. The average Bonchev–Trinajstić information content (AvgIpc) is 3.05. The van der Waals surface area contributed by atoms with Gasteiger partial charge in [-0.1, -0.05) is 37.6 Å². The minimum atomic E-state index is -0.511. The summed E-state index contributed by atoms with van der Waals surface area (Å²) in [6.45, 7) is 7.34. The Labute approximate surface area is 186 Å². The number of nitrogens with one attached hydrogen (secondary N) is 1. The second kappa shape index (κ2) is 8.99. The van der Waals surface area contributed by atoms with E-state index in [0.717, 1.165) is 11.3 Å². The van der Waals surface area contributed by atoms with Crippen LogP contribution >= 0.6 is 22.9 Å². The van der Waals surface area contributed by atoms with Gasteiger partial charge in [-0.15, -0.1) is 11.3 Å². The first-order chi connectivity index (χ1) is 14.6. The number of nitrogens with zero attached hydrogens (tertiary/aromatic N) is 2. The molecule has 31 heavy (non-hydrogen) atoms. The number of thiophene rings is 1. The molecule has 0 unspecified atom stereocenters. The third kappa shape index (κ3) is 4.52. The van der Waals surface area contributed by atoms with Gasteiger partial charge in [0, 0.05) is 11.6 Å². The number of halogens is 1. The number of hydrogen-bond acceptors (Lipinski definition) is 7. The quantitative estimate of drug-likeness (QED) is 0.305. The Morgan fingerprint density at radius 2 is 2.13 bits per heavy atom. The van der Waals surface area contributed by atoms with Crippen molar-refractivity contribution in [3.8, 4) is 0 Å². The van der Waals surface area contributed by atoms with E-state index in [1.807, 2.05) is 13.8 Å². The summed E-state index contributed by atoms with van der Waals surface area (Å²) in [6, 6.07) is 4.84. The number of hydrogen-bond donors (Lipinski definition) is 1. The molecule has 0 spiro atoms. The van der Waals surface area contributed by atoms with Crippen LogP contribution in [-0.4, -0.2) is 27.5 Å². The van der Waals surface area contributed by atoms with Crippen molar-refractivity contribution >= 4 is 55.9 Å². The van der Waals surface area contributed by atoms with E-state index >= 15 is 0 Å². The molecule has 0 aliphatic carbocycles.